The monoisotopic (exact) mass is 341 g/mol. The highest BCUT2D eigenvalue weighted by atomic mass is 79.9. The fraction of sp³-hybridized carbons (Fsp3) is 0.200. The first-order chi connectivity index (χ1) is 9.52. The maximum atomic E-state index is 13.2. The molecule has 0 aliphatic heterocycles. The standard InChI is InChI=1S/C15H14BrF2NO/c16-14-4-2-1-3-12(14)13(8-19)15(20)9-5-10(17)7-11(18)6-9/h1-7,13,15,20H,8,19H2. The number of nitrogens with two attached hydrogens (primary N) is 1. The summed E-state index contributed by atoms with van der Waals surface area (Å²) >= 11 is 3.39. The van der Waals surface area contributed by atoms with Gasteiger partial charge in [0, 0.05) is 23.0 Å². The van der Waals surface area contributed by atoms with E-state index in [2.05, 4.69) is 15.9 Å². The summed E-state index contributed by atoms with van der Waals surface area (Å²) in [5.74, 6) is -1.89. The summed E-state index contributed by atoms with van der Waals surface area (Å²) in [5, 5.41) is 10.4. The van der Waals surface area contributed by atoms with Crippen molar-refractivity contribution in [3.05, 3.63) is 69.7 Å². The molecule has 2 aromatic carbocycles. The van der Waals surface area contributed by atoms with E-state index in [4.69, 9.17) is 5.73 Å². The predicted octanol–water partition coefficient (Wildman–Crippen LogP) is 3.50. The third kappa shape index (κ3) is 3.23. The highest BCUT2D eigenvalue weighted by molar-refractivity contribution is 9.10. The average molecular weight is 342 g/mol. The molecule has 5 heteroatoms. The maximum absolute atomic E-state index is 13.2. The van der Waals surface area contributed by atoms with E-state index in [0.717, 1.165) is 28.2 Å². The highest BCUT2D eigenvalue weighted by Gasteiger charge is 2.24. The van der Waals surface area contributed by atoms with Crippen molar-refractivity contribution >= 4 is 15.9 Å². The lowest BCUT2D eigenvalue weighted by molar-refractivity contribution is 0.146. The molecule has 2 nitrogen and oxygen atoms in total. The Morgan fingerprint density at radius 2 is 1.70 bits per heavy atom. The van der Waals surface area contributed by atoms with E-state index in [1.165, 1.54) is 0 Å². The number of hydrogen-bond acceptors (Lipinski definition) is 2. The Balaban J connectivity index is 2.39. The highest BCUT2D eigenvalue weighted by Crippen LogP contribution is 2.34. The van der Waals surface area contributed by atoms with Crippen LogP contribution < -0.4 is 5.73 Å². The maximum Gasteiger partial charge on any atom is 0.126 e. The van der Waals surface area contributed by atoms with Gasteiger partial charge in [0.25, 0.3) is 0 Å². The Labute approximate surface area is 124 Å². The van der Waals surface area contributed by atoms with Crippen LogP contribution >= 0.6 is 15.9 Å². The minimum absolute atomic E-state index is 0.155. The van der Waals surface area contributed by atoms with Gasteiger partial charge in [-0.3, -0.25) is 0 Å². The second-order valence-corrected chi connectivity index (χ2v) is 5.37. The van der Waals surface area contributed by atoms with Crippen molar-refractivity contribution in [2.24, 2.45) is 5.73 Å². The summed E-state index contributed by atoms with van der Waals surface area (Å²) in [6.45, 7) is 0.155. The van der Waals surface area contributed by atoms with Gasteiger partial charge >= 0.3 is 0 Å². The van der Waals surface area contributed by atoms with Crippen LogP contribution in [0.2, 0.25) is 0 Å². The fourth-order valence-corrected chi connectivity index (χ4v) is 2.76. The van der Waals surface area contributed by atoms with Gasteiger partial charge in [-0.25, -0.2) is 8.78 Å². The lowest BCUT2D eigenvalue weighted by Crippen LogP contribution is -2.20. The van der Waals surface area contributed by atoms with Crippen LogP contribution in [-0.2, 0) is 0 Å². The van der Waals surface area contributed by atoms with Crippen LogP contribution in [0.15, 0.2) is 46.9 Å². The molecule has 20 heavy (non-hydrogen) atoms. The molecule has 0 heterocycles. The summed E-state index contributed by atoms with van der Waals surface area (Å²) < 4.78 is 27.3. The smallest absolute Gasteiger partial charge is 0.126 e. The molecule has 2 unspecified atom stereocenters. The third-order valence-electron chi connectivity index (χ3n) is 3.17. The Hall–Kier alpha value is -1.30. The number of aliphatic hydroxyl groups excluding tert-OH is 1. The molecular weight excluding hydrogens is 328 g/mol. The van der Waals surface area contributed by atoms with Crippen LogP contribution in [0, 0.1) is 11.6 Å². The van der Waals surface area contributed by atoms with Crippen molar-refractivity contribution in [2.45, 2.75) is 12.0 Å². The van der Waals surface area contributed by atoms with Gasteiger partial charge in [0.05, 0.1) is 6.10 Å². The summed E-state index contributed by atoms with van der Waals surface area (Å²) in [6.07, 6.45) is -1.08. The van der Waals surface area contributed by atoms with Crippen molar-refractivity contribution in [1.29, 1.82) is 0 Å². The largest absolute Gasteiger partial charge is 0.388 e. The SMILES string of the molecule is NCC(c1ccccc1Br)C(O)c1cc(F)cc(F)c1. The first kappa shape index (κ1) is 15.1. The van der Waals surface area contributed by atoms with Crippen molar-refractivity contribution in [2.75, 3.05) is 6.54 Å². The van der Waals surface area contributed by atoms with Crippen molar-refractivity contribution in [1.82, 2.24) is 0 Å². The number of rotatable bonds is 4. The van der Waals surface area contributed by atoms with Gasteiger partial charge in [-0.15, -0.1) is 0 Å². The normalized spacial score (nSPS) is 14.1. The van der Waals surface area contributed by atoms with E-state index in [1.54, 1.807) is 0 Å². The van der Waals surface area contributed by atoms with Gasteiger partial charge in [0.2, 0.25) is 0 Å². The first-order valence-corrected chi connectivity index (χ1v) is 6.90. The minimum atomic E-state index is -1.08. The summed E-state index contributed by atoms with van der Waals surface area (Å²) in [5.41, 5.74) is 6.69. The molecule has 0 saturated carbocycles. The molecule has 0 aliphatic rings. The lowest BCUT2D eigenvalue weighted by Gasteiger charge is -2.23. The molecule has 0 amide bonds. The summed E-state index contributed by atoms with van der Waals surface area (Å²) in [7, 11) is 0. The number of aliphatic hydroxyl groups is 1. The Kier molecular flexibility index (Phi) is 4.86. The van der Waals surface area contributed by atoms with Gasteiger partial charge in [0.1, 0.15) is 11.6 Å². The third-order valence-corrected chi connectivity index (χ3v) is 3.89. The van der Waals surface area contributed by atoms with Crippen molar-refractivity contribution in [3.63, 3.8) is 0 Å². The van der Waals surface area contributed by atoms with Gasteiger partial charge in [0.15, 0.2) is 0 Å². The van der Waals surface area contributed by atoms with Gasteiger partial charge in [-0.05, 0) is 29.3 Å². The summed E-state index contributed by atoms with van der Waals surface area (Å²) in [4.78, 5) is 0. The Bertz CT molecular complexity index is 586. The molecule has 0 aliphatic carbocycles. The van der Waals surface area contributed by atoms with E-state index in [0.29, 0.717) is 0 Å². The number of halogens is 3. The van der Waals surface area contributed by atoms with Crippen molar-refractivity contribution in [3.8, 4) is 0 Å². The zero-order valence-electron chi connectivity index (χ0n) is 10.6. The first-order valence-electron chi connectivity index (χ1n) is 6.11. The molecule has 0 radical (unpaired) electrons. The Morgan fingerprint density at radius 3 is 2.25 bits per heavy atom. The van der Waals surface area contributed by atoms with Crippen LogP contribution in [0.1, 0.15) is 23.1 Å². The zero-order valence-corrected chi connectivity index (χ0v) is 12.1. The fourth-order valence-electron chi connectivity index (χ4n) is 2.18. The van der Waals surface area contributed by atoms with E-state index in [1.807, 2.05) is 24.3 Å². The lowest BCUT2D eigenvalue weighted by atomic mass is 9.89. The van der Waals surface area contributed by atoms with Gasteiger partial charge in [-0.2, -0.15) is 0 Å². The van der Waals surface area contributed by atoms with Gasteiger partial charge < -0.3 is 10.8 Å². The number of hydrogen-bond donors (Lipinski definition) is 2. The molecule has 0 bridgehead atoms. The minimum Gasteiger partial charge on any atom is -0.388 e. The molecule has 0 fully saturated rings. The van der Waals surface area contributed by atoms with E-state index >= 15 is 0 Å². The van der Waals surface area contributed by atoms with E-state index < -0.39 is 23.7 Å². The molecule has 106 valence electrons. The topological polar surface area (TPSA) is 46.2 Å². The van der Waals surface area contributed by atoms with E-state index in [9.17, 15) is 13.9 Å². The second kappa shape index (κ2) is 6.43. The molecule has 0 aromatic heterocycles. The quantitative estimate of drug-likeness (QED) is 0.893. The van der Waals surface area contributed by atoms with Crippen LogP contribution in [0.3, 0.4) is 0 Å². The Morgan fingerprint density at radius 1 is 1.10 bits per heavy atom. The molecule has 0 saturated heterocycles. The molecule has 2 atom stereocenters. The molecule has 0 spiro atoms. The molecule has 2 rings (SSSR count). The average Bonchev–Trinajstić information content (AvgIpc) is 2.40. The van der Waals surface area contributed by atoms with Crippen LogP contribution in [-0.4, -0.2) is 11.7 Å². The zero-order chi connectivity index (χ0) is 14.7. The summed E-state index contributed by atoms with van der Waals surface area (Å²) in [6, 6.07) is 10.3. The van der Waals surface area contributed by atoms with E-state index in [-0.39, 0.29) is 12.1 Å². The van der Waals surface area contributed by atoms with Gasteiger partial charge in [-0.1, -0.05) is 34.1 Å². The molecular formula is C15H14BrF2NO. The molecule has 2 aromatic rings. The van der Waals surface area contributed by atoms with Crippen LogP contribution in [0.25, 0.3) is 0 Å². The number of benzene rings is 2. The molecule has 3 N–H and O–H groups in total. The second-order valence-electron chi connectivity index (χ2n) is 4.51. The predicted molar refractivity (Wildman–Crippen MR) is 77.3 cm³/mol. The van der Waals surface area contributed by atoms with Crippen LogP contribution in [0.4, 0.5) is 8.78 Å². The van der Waals surface area contributed by atoms with Crippen LogP contribution in [0.5, 0.6) is 0 Å². The van der Waals surface area contributed by atoms with Crippen molar-refractivity contribution < 1.29 is 13.9 Å².